The maximum absolute atomic E-state index is 12.7. The van der Waals surface area contributed by atoms with Gasteiger partial charge in [-0.15, -0.1) is 0 Å². The van der Waals surface area contributed by atoms with Crippen LogP contribution in [-0.2, 0) is 28.6 Å². The lowest BCUT2D eigenvalue weighted by molar-refractivity contribution is -0.167. The minimum absolute atomic E-state index is 0.0666. The molecule has 6 heteroatoms. The second kappa shape index (κ2) is 37.2. The van der Waals surface area contributed by atoms with Gasteiger partial charge in [0, 0.05) is 19.3 Å². The molecule has 6 nitrogen and oxygen atoms in total. The Hall–Kier alpha value is -1.59. The topological polar surface area (TPSA) is 78.9 Å². The molecule has 0 heterocycles. The second-order valence-corrected chi connectivity index (χ2v) is 15.9. The van der Waals surface area contributed by atoms with Gasteiger partial charge in [0.15, 0.2) is 6.10 Å². The first-order valence-electron chi connectivity index (χ1n) is 21.7. The fourth-order valence-corrected chi connectivity index (χ4v) is 6.40. The minimum Gasteiger partial charge on any atom is -0.462 e. The van der Waals surface area contributed by atoms with Crippen LogP contribution in [0.5, 0.6) is 0 Å². The molecular weight excluding hydrogens is 624 g/mol. The number of esters is 3. The molecule has 0 unspecified atom stereocenters. The summed E-state index contributed by atoms with van der Waals surface area (Å²) in [4.78, 5) is 37.5. The molecule has 0 radical (unpaired) electrons. The lowest BCUT2D eigenvalue weighted by atomic mass is 10.0. The van der Waals surface area contributed by atoms with Gasteiger partial charge in [-0.3, -0.25) is 14.4 Å². The molecule has 0 aromatic rings. The van der Waals surface area contributed by atoms with E-state index >= 15 is 0 Å². The second-order valence-electron chi connectivity index (χ2n) is 15.9. The molecule has 296 valence electrons. The van der Waals surface area contributed by atoms with Crippen molar-refractivity contribution in [2.45, 2.75) is 240 Å². The Bertz CT molecular complexity index is 764. The number of rotatable bonds is 38. The SMILES string of the molecule is CCCCCCCCCC(=O)OC[C@@H](COC(=O)CCCCCCCCC(C)C)OC(=O)CCCCCCCCCCCCCCCC(C)C. The van der Waals surface area contributed by atoms with Gasteiger partial charge in [-0.05, 0) is 31.1 Å². The van der Waals surface area contributed by atoms with Crippen LogP contribution < -0.4 is 0 Å². The largest absolute Gasteiger partial charge is 0.462 e. The first-order valence-corrected chi connectivity index (χ1v) is 21.7. The summed E-state index contributed by atoms with van der Waals surface area (Å²) in [5.74, 6) is 0.731. The van der Waals surface area contributed by atoms with E-state index < -0.39 is 6.10 Å². The van der Waals surface area contributed by atoms with Crippen molar-refractivity contribution in [1.82, 2.24) is 0 Å². The standard InChI is InChI=1S/C44H84O6/c1-6-7-8-9-17-24-29-34-42(45)48-37-41(38-49-43(46)35-30-25-21-20-23-28-33-40(4)5)50-44(47)36-31-26-19-16-14-12-10-11-13-15-18-22-27-32-39(2)3/h39-41H,6-38H2,1-5H3/t41-/m0/s1. The smallest absolute Gasteiger partial charge is 0.306 e. The molecule has 0 spiro atoms. The zero-order valence-corrected chi connectivity index (χ0v) is 34.0. The van der Waals surface area contributed by atoms with Crippen LogP contribution in [0.15, 0.2) is 0 Å². The molecule has 1 atom stereocenters. The first-order chi connectivity index (χ1) is 24.2. The highest BCUT2D eigenvalue weighted by atomic mass is 16.6. The molecule has 0 amide bonds. The van der Waals surface area contributed by atoms with Gasteiger partial charge in [0.2, 0.25) is 0 Å². The van der Waals surface area contributed by atoms with Crippen molar-refractivity contribution in [3.8, 4) is 0 Å². The minimum atomic E-state index is -0.759. The third-order valence-corrected chi connectivity index (χ3v) is 9.72. The Morgan fingerprint density at radius 2 is 0.660 bits per heavy atom. The van der Waals surface area contributed by atoms with Crippen LogP contribution in [0.2, 0.25) is 0 Å². The number of unbranched alkanes of at least 4 members (excludes halogenated alkanes) is 23. The molecule has 50 heavy (non-hydrogen) atoms. The molecule has 0 saturated heterocycles. The molecule has 0 aliphatic rings. The van der Waals surface area contributed by atoms with E-state index in [1.807, 2.05) is 0 Å². The Balaban J connectivity index is 4.25. The van der Waals surface area contributed by atoms with Gasteiger partial charge in [-0.1, -0.05) is 195 Å². The summed E-state index contributed by atoms with van der Waals surface area (Å²) in [6, 6.07) is 0. The van der Waals surface area contributed by atoms with E-state index in [2.05, 4.69) is 34.6 Å². The van der Waals surface area contributed by atoms with E-state index in [0.29, 0.717) is 19.3 Å². The number of hydrogen-bond donors (Lipinski definition) is 0. The quantitative estimate of drug-likeness (QED) is 0.0361. The van der Waals surface area contributed by atoms with Gasteiger partial charge in [-0.2, -0.15) is 0 Å². The van der Waals surface area contributed by atoms with E-state index in [1.165, 1.54) is 122 Å². The van der Waals surface area contributed by atoms with Crippen LogP contribution in [-0.4, -0.2) is 37.2 Å². The van der Waals surface area contributed by atoms with Crippen LogP contribution in [0.4, 0.5) is 0 Å². The normalized spacial score (nSPS) is 12.1. The summed E-state index contributed by atoms with van der Waals surface area (Å²) in [6.45, 7) is 11.2. The highest BCUT2D eigenvalue weighted by Gasteiger charge is 2.19. The lowest BCUT2D eigenvalue weighted by Gasteiger charge is -2.18. The molecule has 0 rings (SSSR count). The summed E-state index contributed by atoms with van der Waals surface area (Å²) in [7, 11) is 0. The van der Waals surface area contributed by atoms with Gasteiger partial charge >= 0.3 is 17.9 Å². The molecule has 0 aromatic carbocycles. The monoisotopic (exact) mass is 709 g/mol. The zero-order valence-electron chi connectivity index (χ0n) is 34.0. The molecule has 0 aromatic heterocycles. The van der Waals surface area contributed by atoms with E-state index in [1.54, 1.807) is 0 Å². The predicted octanol–water partition coefficient (Wildman–Crippen LogP) is 13.4. The lowest BCUT2D eigenvalue weighted by Crippen LogP contribution is -2.30. The van der Waals surface area contributed by atoms with Gasteiger partial charge in [0.1, 0.15) is 13.2 Å². The Morgan fingerprint density at radius 1 is 0.380 bits per heavy atom. The average Bonchev–Trinajstić information content (AvgIpc) is 3.08. The maximum atomic E-state index is 12.7. The van der Waals surface area contributed by atoms with Crippen molar-refractivity contribution in [3.05, 3.63) is 0 Å². The van der Waals surface area contributed by atoms with Crippen LogP contribution in [0, 0.1) is 11.8 Å². The molecule has 0 fully saturated rings. The fourth-order valence-electron chi connectivity index (χ4n) is 6.40. The summed E-state index contributed by atoms with van der Waals surface area (Å²) < 4.78 is 16.6. The Kier molecular flexibility index (Phi) is 36.0. The number of carbonyl (C=O) groups excluding carboxylic acids is 3. The van der Waals surface area contributed by atoms with E-state index in [9.17, 15) is 14.4 Å². The maximum Gasteiger partial charge on any atom is 0.306 e. The molecule has 0 aliphatic heterocycles. The highest BCUT2D eigenvalue weighted by Crippen LogP contribution is 2.16. The third kappa shape index (κ3) is 37.7. The summed E-state index contributed by atoms with van der Waals surface area (Å²) in [5.41, 5.74) is 0. The molecule has 0 aliphatic carbocycles. The van der Waals surface area contributed by atoms with Crippen molar-refractivity contribution in [2.24, 2.45) is 11.8 Å². The average molecular weight is 709 g/mol. The Morgan fingerprint density at radius 3 is 0.980 bits per heavy atom. The van der Waals surface area contributed by atoms with Crippen molar-refractivity contribution in [1.29, 1.82) is 0 Å². The number of ether oxygens (including phenoxy) is 3. The van der Waals surface area contributed by atoms with Crippen LogP contribution in [0.1, 0.15) is 234 Å². The number of hydrogen-bond acceptors (Lipinski definition) is 6. The zero-order chi connectivity index (χ0) is 36.9. The van der Waals surface area contributed by atoms with E-state index in [4.69, 9.17) is 14.2 Å². The van der Waals surface area contributed by atoms with Crippen LogP contribution in [0.25, 0.3) is 0 Å². The van der Waals surface area contributed by atoms with Crippen molar-refractivity contribution < 1.29 is 28.6 Å². The van der Waals surface area contributed by atoms with E-state index in [0.717, 1.165) is 69.6 Å². The van der Waals surface area contributed by atoms with Gasteiger partial charge in [0.25, 0.3) is 0 Å². The van der Waals surface area contributed by atoms with E-state index in [-0.39, 0.29) is 31.1 Å². The summed E-state index contributed by atoms with van der Waals surface area (Å²) in [6.07, 6.45) is 34.0. The molecule has 0 bridgehead atoms. The van der Waals surface area contributed by atoms with Crippen LogP contribution in [0.3, 0.4) is 0 Å². The van der Waals surface area contributed by atoms with Gasteiger partial charge in [0.05, 0.1) is 0 Å². The third-order valence-electron chi connectivity index (χ3n) is 9.72. The Labute approximate surface area is 310 Å². The molecular formula is C44H84O6. The highest BCUT2D eigenvalue weighted by molar-refractivity contribution is 5.71. The first kappa shape index (κ1) is 48.4. The summed E-state index contributed by atoms with van der Waals surface area (Å²) >= 11 is 0. The van der Waals surface area contributed by atoms with Crippen molar-refractivity contribution in [3.63, 3.8) is 0 Å². The number of carbonyl (C=O) groups is 3. The van der Waals surface area contributed by atoms with Gasteiger partial charge < -0.3 is 14.2 Å². The fraction of sp³-hybridized carbons (Fsp3) is 0.932. The van der Waals surface area contributed by atoms with Crippen molar-refractivity contribution >= 4 is 17.9 Å². The molecule has 0 saturated carbocycles. The van der Waals surface area contributed by atoms with Crippen LogP contribution >= 0.6 is 0 Å². The van der Waals surface area contributed by atoms with Gasteiger partial charge in [-0.25, -0.2) is 0 Å². The molecule has 0 N–H and O–H groups in total. The summed E-state index contributed by atoms with van der Waals surface area (Å²) in [5, 5.41) is 0. The predicted molar refractivity (Wildman–Crippen MR) is 210 cm³/mol. The van der Waals surface area contributed by atoms with Crippen molar-refractivity contribution in [2.75, 3.05) is 13.2 Å².